The molecule has 1 aromatic carbocycles. The summed E-state index contributed by atoms with van der Waals surface area (Å²) in [5.74, 6) is -0.545. The van der Waals surface area contributed by atoms with Crippen molar-refractivity contribution in [3.8, 4) is 0 Å². The van der Waals surface area contributed by atoms with Crippen LogP contribution in [0, 0.1) is 0 Å². The van der Waals surface area contributed by atoms with Crippen molar-refractivity contribution in [2.75, 3.05) is 25.1 Å². The summed E-state index contributed by atoms with van der Waals surface area (Å²) in [5, 5.41) is 0. The van der Waals surface area contributed by atoms with E-state index < -0.39 is 0 Å². The van der Waals surface area contributed by atoms with Crippen LogP contribution in [0.2, 0.25) is 0 Å². The minimum absolute atomic E-state index is 0.0260. The Hall–Kier alpha value is -2.04. The first-order valence-electron chi connectivity index (χ1n) is 6.70. The van der Waals surface area contributed by atoms with E-state index in [2.05, 4.69) is 9.64 Å². The van der Waals surface area contributed by atoms with Gasteiger partial charge in [-0.25, -0.2) is 4.79 Å². The number of benzene rings is 1. The van der Waals surface area contributed by atoms with Gasteiger partial charge in [0.1, 0.15) is 6.10 Å². The van der Waals surface area contributed by atoms with Crippen LogP contribution in [0.5, 0.6) is 0 Å². The Labute approximate surface area is 118 Å². The second-order valence-electron chi connectivity index (χ2n) is 4.83. The Bertz CT molecular complexity index is 475. The Morgan fingerprint density at radius 3 is 2.25 bits per heavy atom. The summed E-state index contributed by atoms with van der Waals surface area (Å²) in [5.41, 5.74) is 1.62. The minimum atomic E-state index is -0.329. The lowest BCUT2D eigenvalue weighted by Gasteiger charge is -2.33. The fourth-order valence-electron chi connectivity index (χ4n) is 2.39. The molecule has 2 rings (SSSR count). The van der Waals surface area contributed by atoms with E-state index in [0.717, 1.165) is 31.6 Å². The summed E-state index contributed by atoms with van der Waals surface area (Å²) < 4.78 is 9.89. The molecule has 0 aliphatic carbocycles. The topological polar surface area (TPSA) is 55.8 Å². The predicted molar refractivity (Wildman–Crippen MR) is 74.8 cm³/mol. The molecule has 0 atom stereocenters. The molecule has 0 radical (unpaired) electrons. The van der Waals surface area contributed by atoms with E-state index in [0.29, 0.717) is 5.56 Å². The Morgan fingerprint density at radius 1 is 1.15 bits per heavy atom. The van der Waals surface area contributed by atoms with Gasteiger partial charge in [0, 0.05) is 38.5 Å². The highest BCUT2D eigenvalue weighted by Gasteiger charge is 2.21. The maximum absolute atomic E-state index is 11.4. The predicted octanol–water partition coefficient (Wildman–Crippen LogP) is 2.01. The number of rotatable bonds is 3. The fraction of sp³-hybridized carbons (Fsp3) is 0.467. The molecule has 0 N–H and O–H groups in total. The molecule has 1 saturated heterocycles. The highest BCUT2D eigenvalue weighted by molar-refractivity contribution is 5.89. The van der Waals surface area contributed by atoms with Crippen LogP contribution in [0.4, 0.5) is 5.69 Å². The van der Waals surface area contributed by atoms with Gasteiger partial charge in [0.2, 0.25) is 0 Å². The molecule has 0 amide bonds. The van der Waals surface area contributed by atoms with Gasteiger partial charge in [0.05, 0.1) is 12.7 Å². The van der Waals surface area contributed by atoms with Crippen LogP contribution in [-0.4, -0.2) is 38.2 Å². The van der Waals surface area contributed by atoms with Gasteiger partial charge in [-0.15, -0.1) is 0 Å². The van der Waals surface area contributed by atoms with E-state index >= 15 is 0 Å². The molecule has 1 aliphatic rings. The molecule has 1 heterocycles. The van der Waals surface area contributed by atoms with Crippen molar-refractivity contribution in [2.24, 2.45) is 0 Å². The van der Waals surface area contributed by atoms with Gasteiger partial charge in [-0.1, -0.05) is 0 Å². The van der Waals surface area contributed by atoms with E-state index in [4.69, 9.17) is 4.74 Å². The van der Waals surface area contributed by atoms with Crippen LogP contribution >= 0.6 is 0 Å². The van der Waals surface area contributed by atoms with Crippen molar-refractivity contribution in [2.45, 2.75) is 25.9 Å². The quantitative estimate of drug-likeness (QED) is 0.791. The zero-order valence-corrected chi connectivity index (χ0v) is 11.8. The number of hydrogen-bond acceptors (Lipinski definition) is 5. The Balaban J connectivity index is 1.93. The smallest absolute Gasteiger partial charge is 0.337 e. The molecule has 0 unspecified atom stereocenters. The molecule has 0 spiro atoms. The highest BCUT2D eigenvalue weighted by atomic mass is 16.5. The van der Waals surface area contributed by atoms with Crippen LogP contribution in [0.25, 0.3) is 0 Å². The zero-order chi connectivity index (χ0) is 14.5. The molecule has 5 nitrogen and oxygen atoms in total. The summed E-state index contributed by atoms with van der Waals surface area (Å²) in [6.45, 7) is 3.13. The number of hydrogen-bond donors (Lipinski definition) is 0. The van der Waals surface area contributed by atoms with Crippen LogP contribution < -0.4 is 4.90 Å². The molecule has 0 saturated carbocycles. The molecule has 1 aromatic rings. The highest BCUT2D eigenvalue weighted by Crippen LogP contribution is 2.22. The number of piperidine rings is 1. The molecular formula is C15H19NO4. The van der Waals surface area contributed by atoms with E-state index in [1.165, 1.54) is 14.0 Å². The second-order valence-corrected chi connectivity index (χ2v) is 4.83. The monoisotopic (exact) mass is 277 g/mol. The van der Waals surface area contributed by atoms with Gasteiger partial charge in [-0.05, 0) is 24.3 Å². The van der Waals surface area contributed by atoms with Crippen molar-refractivity contribution < 1.29 is 19.1 Å². The maximum Gasteiger partial charge on any atom is 0.337 e. The van der Waals surface area contributed by atoms with E-state index in [1.54, 1.807) is 12.1 Å². The third-order valence-corrected chi connectivity index (χ3v) is 3.43. The Morgan fingerprint density at radius 2 is 1.75 bits per heavy atom. The van der Waals surface area contributed by atoms with Gasteiger partial charge in [0.15, 0.2) is 0 Å². The lowest BCUT2D eigenvalue weighted by molar-refractivity contribution is -0.147. The number of carbonyl (C=O) groups excluding carboxylic acids is 2. The fourth-order valence-corrected chi connectivity index (χ4v) is 2.39. The molecule has 1 aliphatic heterocycles. The normalized spacial score (nSPS) is 15.8. The minimum Gasteiger partial charge on any atom is -0.465 e. The number of ether oxygens (including phenoxy) is 2. The molecule has 1 fully saturated rings. The zero-order valence-electron chi connectivity index (χ0n) is 11.8. The molecule has 108 valence electrons. The van der Waals surface area contributed by atoms with Gasteiger partial charge < -0.3 is 14.4 Å². The lowest BCUT2D eigenvalue weighted by atomic mass is 10.1. The largest absolute Gasteiger partial charge is 0.465 e. The van der Waals surface area contributed by atoms with Crippen LogP contribution in [0.3, 0.4) is 0 Å². The van der Waals surface area contributed by atoms with Gasteiger partial charge in [-0.2, -0.15) is 0 Å². The van der Waals surface area contributed by atoms with Crippen LogP contribution in [0.1, 0.15) is 30.1 Å². The first-order chi connectivity index (χ1) is 9.60. The number of esters is 2. The summed E-state index contributed by atoms with van der Waals surface area (Å²) in [4.78, 5) is 24.5. The van der Waals surface area contributed by atoms with E-state index in [1.807, 2.05) is 12.1 Å². The average Bonchev–Trinajstić information content (AvgIpc) is 2.47. The first-order valence-corrected chi connectivity index (χ1v) is 6.70. The lowest BCUT2D eigenvalue weighted by Crippen LogP contribution is -2.37. The third kappa shape index (κ3) is 3.50. The SMILES string of the molecule is COC(=O)c1ccc(N2CCC(OC(C)=O)CC2)cc1. The van der Waals surface area contributed by atoms with Crippen LogP contribution in [0.15, 0.2) is 24.3 Å². The van der Waals surface area contributed by atoms with Crippen LogP contribution in [-0.2, 0) is 14.3 Å². The summed E-state index contributed by atoms with van der Waals surface area (Å²) in [7, 11) is 1.37. The van der Waals surface area contributed by atoms with Gasteiger partial charge in [0.25, 0.3) is 0 Å². The summed E-state index contributed by atoms with van der Waals surface area (Å²) in [6, 6.07) is 7.36. The van der Waals surface area contributed by atoms with Crippen molar-refractivity contribution in [3.63, 3.8) is 0 Å². The number of nitrogens with zero attached hydrogens (tertiary/aromatic N) is 1. The first kappa shape index (κ1) is 14.4. The third-order valence-electron chi connectivity index (χ3n) is 3.43. The summed E-state index contributed by atoms with van der Waals surface area (Å²) >= 11 is 0. The van der Waals surface area contributed by atoms with Gasteiger partial charge in [-0.3, -0.25) is 4.79 Å². The van der Waals surface area contributed by atoms with E-state index in [9.17, 15) is 9.59 Å². The van der Waals surface area contributed by atoms with Gasteiger partial charge >= 0.3 is 11.9 Å². The molecule has 0 aromatic heterocycles. The number of methoxy groups -OCH3 is 1. The maximum atomic E-state index is 11.4. The second kappa shape index (κ2) is 6.41. The molecule has 0 bridgehead atoms. The van der Waals surface area contributed by atoms with Crippen molar-refractivity contribution in [1.82, 2.24) is 0 Å². The number of anilines is 1. The number of carbonyl (C=O) groups is 2. The van der Waals surface area contributed by atoms with E-state index in [-0.39, 0.29) is 18.0 Å². The van der Waals surface area contributed by atoms with Crippen molar-refractivity contribution >= 4 is 17.6 Å². The van der Waals surface area contributed by atoms with Crippen molar-refractivity contribution in [3.05, 3.63) is 29.8 Å². The van der Waals surface area contributed by atoms with Crippen molar-refractivity contribution in [1.29, 1.82) is 0 Å². The summed E-state index contributed by atoms with van der Waals surface area (Å²) in [6.07, 6.45) is 1.69. The standard InChI is InChI=1S/C15H19NO4/c1-11(17)20-14-7-9-16(10-8-14)13-5-3-12(4-6-13)15(18)19-2/h3-6,14H,7-10H2,1-2H3. The molecular weight excluding hydrogens is 258 g/mol. The Kier molecular flexibility index (Phi) is 4.61. The average molecular weight is 277 g/mol. The molecule has 20 heavy (non-hydrogen) atoms. The molecule has 5 heteroatoms.